The number of nitrogens with zero attached hydrogens (tertiary/aromatic N) is 4. The molecule has 0 radical (unpaired) electrons. The summed E-state index contributed by atoms with van der Waals surface area (Å²) >= 11 is 0. The molecule has 0 bridgehead atoms. The van der Waals surface area contributed by atoms with Gasteiger partial charge in [-0.1, -0.05) is 5.16 Å². The summed E-state index contributed by atoms with van der Waals surface area (Å²) in [6, 6.07) is 0.163. The van der Waals surface area contributed by atoms with Gasteiger partial charge < -0.3 is 15.5 Å². The molecule has 2 fully saturated rings. The Morgan fingerprint density at radius 2 is 2.00 bits per heavy atom. The zero-order chi connectivity index (χ0) is 23.4. The number of pyridine rings is 1. The summed E-state index contributed by atoms with van der Waals surface area (Å²) in [4.78, 5) is 21.9. The first-order valence-electron chi connectivity index (χ1n) is 11.5. The first kappa shape index (κ1) is 22.1. The molecular formula is C22H30N6O4S. The molecule has 10 nitrogen and oxygen atoms in total. The Labute approximate surface area is 193 Å². The number of carbonyl (C=O) groups is 1. The third kappa shape index (κ3) is 4.07. The van der Waals surface area contributed by atoms with Crippen molar-refractivity contribution in [3.63, 3.8) is 0 Å². The lowest BCUT2D eigenvalue weighted by molar-refractivity contribution is -0.126. The third-order valence-electron chi connectivity index (χ3n) is 6.93. The minimum atomic E-state index is -2.95. The molecule has 11 heteroatoms. The summed E-state index contributed by atoms with van der Waals surface area (Å²) in [5.74, 6) is 0.353. The van der Waals surface area contributed by atoms with Crippen molar-refractivity contribution in [2.24, 2.45) is 5.16 Å². The lowest BCUT2D eigenvalue weighted by atomic mass is 9.72. The van der Waals surface area contributed by atoms with Crippen molar-refractivity contribution in [3.05, 3.63) is 17.5 Å². The molecule has 1 amide bonds. The van der Waals surface area contributed by atoms with Crippen molar-refractivity contribution in [1.82, 2.24) is 20.1 Å². The highest BCUT2D eigenvalue weighted by molar-refractivity contribution is 7.91. The largest absolute Gasteiger partial charge is 0.388 e. The molecule has 2 aromatic heterocycles. The van der Waals surface area contributed by atoms with Gasteiger partial charge in [-0.3, -0.25) is 4.79 Å². The van der Waals surface area contributed by atoms with Crippen LogP contribution in [0.1, 0.15) is 57.2 Å². The molecule has 178 valence electrons. The molecule has 0 unspecified atom stereocenters. The minimum Gasteiger partial charge on any atom is -0.388 e. The number of aromatic nitrogens is 3. The van der Waals surface area contributed by atoms with E-state index >= 15 is 0 Å². The number of fused-ring (bicyclic) bond motifs is 1. The summed E-state index contributed by atoms with van der Waals surface area (Å²) in [5, 5.41) is 16.6. The fourth-order valence-electron chi connectivity index (χ4n) is 5.26. The maximum absolute atomic E-state index is 11.9. The summed E-state index contributed by atoms with van der Waals surface area (Å²) in [5.41, 5.74) is 3.88. The van der Waals surface area contributed by atoms with Crippen LogP contribution >= 0.6 is 0 Å². The van der Waals surface area contributed by atoms with Gasteiger partial charge in [-0.15, -0.1) is 0 Å². The molecule has 2 aliphatic heterocycles. The Morgan fingerprint density at radius 1 is 1.27 bits per heavy atom. The van der Waals surface area contributed by atoms with E-state index in [0.29, 0.717) is 25.8 Å². The van der Waals surface area contributed by atoms with Crippen LogP contribution in [-0.2, 0) is 26.0 Å². The lowest BCUT2D eigenvalue weighted by Gasteiger charge is -2.42. The second kappa shape index (κ2) is 7.96. The predicted octanol–water partition coefficient (Wildman–Crippen LogP) is 1.91. The van der Waals surface area contributed by atoms with Crippen molar-refractivity contribution >= 4 is 38.2 Å². The summed E-state index contributed by atoms with van der Waals surface area (Å²) in [7, 11) is -2.95. The number of amides is 1. The van der Waals surface area contributed by atoms with Gasteiger partial charge in [0, 0.05) is 56.6 Å². The Bertz CT molecular complexity index is 1230. The fraction of sp³-hybridized carbons (Fsp3) is 0.636. The Morgan fingerprint density at radius 3 is 2.67 bits per heavy atom. The number of carbonyl (C=O) groups excluding carboxylic acids is 1. The Kier molecular flexibility index (Phi) is 5.34. The number of oxime groups is 1. The first-order valence-corrected chi connectivity index (χ1v) is 13.4. The maximum atomic E-state index is 11.9. The topological polar surface area (TPSA) is 128 Å². The van der Waals surface area contributed by atoms with Gasteiger partial charge in [0.05, 0.1) is 34.0 Å². The smallest absolute Gasteiger partial charge is 0.217 e. The normalized spacial score (nSPS) is 22.1. The van der Waals surface area contributed by atoms with E-state index in [0.717, 1.165) is 46.5 Å². The van der Waals surface area contributed by atoms with E-state index in [1.54, 1.807) is 0 Å². The number of hydrogen-bond donors (Lipinski definition) is 2. The first-order chi connectivity index (χ1) is 15.7. The van der Waals surface area contributed by atoms with E-state index in [4.69, 9.17) is 9.82 Å². The molecule has 1 aliphatic carbocycles. The molecule has 2 aromatic rings. The standard InChI is InChI=1S/C22H30N6O4S/c1-4-28-21-19(13(2)26-28)20(25-15-5-7-33(30,31)8-6-15)17(12-23-21)18-11-22(32-27-18)9-16(10-22)24-14(3)29/h12,15-16H,4-11H2,1-3H3,(H,23,25)(H,24,29). The van der Waals surface area contributed by atoms with Crippen LogP contribution in [0.5, 0.6) is 0 Å². The molecular weight excluding hydrogens is 444 g/mol. The summed E-state index contributed by atoms with van der Waals surface area (Å²) in [6.07, 6.45) is 5.06. The van der Waals surface area contributed by atoms with Gasteiger partial charge in [-0.05, 0) is 26.7 Å². The molecule has 0 atom stereocenters. The van der Waals surface area contributed by atoms with Crippen molar-refractivity contribution in [1.29, 1.82) is 0 Å². The minimum absolute atomic E-state index is 0.0342. The number of aryl methyl sites for hydroxylation is 2. The van der Waals surface area contributed by atoms with Crippen LogP contribution < -0.4 is 10.6 Å². The molecule has 33 heavy (non-hydrogen) atoms. The van der Waals surface area contributed by atoms with Gasteiger partial charge in [0.2, 0.25) is 5.91 Å². The van der Waals surface area contributed by atoms with Crippen LogP contribution in [0.15, 0.2) is 11.4 Å². The molecule has 1 spiro atoms. The SMILES string of the molecule is CCn1nc(C)c2c(NC3CCS(=O)(=O)CC3)c(C3=NOC4(C3)CC(NC(C)=O)C4)cnc21. The van der Waals surface area contributed by atoms with Crippen LogP contribution in [-0.4, -0.2) is 64.0 Å². The molecule has 0 aromatic carbocycles. The van der Waals surface area contributed by atoms with Crippen LogP contribution in [0, 0.1) is 6.92 Å². The van der Waals surface area contributed by atoms with Crippen molar-refractivity contribution in [2.45, 2.75) is 77.1 Å². The second-order valence-electron chi connectivity index (χ2n) is 9.51. The van der Waals surface area contributed by atoms with E-state index in [1.807, 2.05) is 24.7 Å². The monoisotopic (exact) mass is 474 g/mol. The predicted molar refractivity (Wildman–Crippen MR) is 125 cm³/mol. The summed E-state index contributed by atoms with van der Waals surface area (Å²) < 4.78 is 25.7. The highest BCUT2D eigenvalue weighted by Gasteiger charge is 2.51. The van der Waals surface area contributed by atoms with Gasteiger partial charge in [-0.2, -0.15) is 5.10 Å². The molecule has 3 aliphatic rings. The zero-order valence-corrected chi connectivity index (χ0v) is 20.0. The van der Waals surface area contributed by atoms with Crippen LogP contribution in [0.3, 0.4) is 0 Å². The highest BCUT2D eigenvalue weighted by atomic mass is 32.2. The Balaban J connectivity index is 1.46. The molecule has 1 saturated heterocycles. The quantitative estimate of drug-likeness (QED) is 0.677. The van der Waals surface area contributed by atoms with E-state index in [2.05, 4.69) is 20.9 Å². The van der Waals surface area contributed by atoms with Crippen molar-refractivity contribution < 1.29 is 18.0 Å². The van der Waals surface area contributed by atoms with E-state index < -0.39 is 9.84 Å². The molecule has 5 rings (SSSR count). The van der Waals surface area contributed by atoms with E-state index in [9.17, 15) is 13.2 Å². The van der Waals surface area contributed by atoms with Crippen molar-refractivity contribution in [2.75, 3.05) is 16.8 Å². The number of anilines is 1. The molecule has 1 saturated carbocycles. The van der Waals surface area contributed by atoms with Crippen LogP contribution in [0.2, 0.25) is 0 Å². The second-order valence-corrected chi connectivity index (χ2v) is 11.8. The van der Waals surface area contributed by atoms with E-state index in [-0.39, 0.29) is 35.1 Å². The van der Waals surface area contributed by atoms with Crippen molar-refractivity contribution in [3.8, 4) is 0 Å². The molecule has 4 heterocycles. The fourth-order valence-corrected chi connectivity index (χ4v) is 6.75. The third-order valence-corrected chi connectivity index (χ3v) is 8.65. The zero-order valence-electron chi connectivity index (χ0n) is 19.2. The number of rotatable bonds is 5. The Hall–Kier alpha value is -2.69. The van der Waals surface area contributed by atoms with Gasteiger partial charge in [0.15, 0.2) is 5.65 Å². The van der Waals surface area contributed by atoms with Crippen LogP contribution in [0.4, 0.5) is 5.69 Å². The average Bonchev–Trinajstić information content (AvgIpc) is 3.31. The number of sulfone groups is 1. The molecule has 2 N–H and O–H groups in total. The lowest BCUT2D eigenvalue weighted by Crippen LogP contribution is -2.54. The summed E-state index contributed by atoms with van der Waals surface area (Å²) in [6.45, 7) is 6.22. The van der Waals surface area contributed by atoms with Gasteiger partial charge >= 0.3 is 0 Å². The average molecular weight is 475 g/mol. The van der Waals surface area contributed by atoms with Gasteiger partial charge in [-0.25, -0.2) is 18.1 Å². The van der Waals surface area contributed by atoms with Crippen LogP contribution in [0.25, 0.3) is 11.0 Å². The maximum Gasteiger partial charge on any atom is 0.217 e. The highest BCUT2D eigenvalue weighted by Crippen LogP contribution is 2.45. The number of nitrogens with one attached hydrogen (secondary N) is 2. The number of hydrogen-bond acceptors (Lipinski definition) is 8. The van der Waals surface area contributed by atoms with Gasteiger partial charge in [0.25, 0.3) is 0 Å². The van der Waals surface area contributed by atoms with E-state index in [1.165, 1.54) is 6.92 Å². The van der Waals surface area contributed by atoms with Gasteiger partial charge in [0.1, 0.15) is 15.4 Å².